The van der Waals surface area contributed by atoms with Gasteiger partial charge < -0.3 is 10.1 Å². The summed E-state index contributed by atoms with van der Waals surface area (Å²) >= 11 is 7.39. The fourth-order valence-corrected chi connectivity index (χ4v) is 3.38. The number of amides is 1. The third-order valence-electron chi connectivity index (χ3n) is 3.74. The Kier molecular flexibility index (Phi) is 6.31. The number of thioether (sulfide) groups is 1. The number of hydrogen-bond acceptors (Lipinski definition) is 6. The minimum absolute atomic E-state index is 0.171. The molecule has 1 amide bonds. The monoisotopic (exact) mass is 403 g/mol. The highest BCUT2D eigenvalue weighted by atomic mass is 35.5. The molecule has 0 spiro atoms. The molecular weight excluding hydrogens is 386 g/mol. The van der Waals surface area contributed by atoms with E-state index in [2.05, 4.69) is 20.8 Å². The summed E-state index contributed by atoms with van der Waals surface area (Å²) in [5.41, 5.74) is 1.68. The lowest BCUT2D eigenvalue weighted by Gasteiger charge is -2.12. The third-order valence-corrected chi connectivity index (χ3v) is 5.11. The molecule has 2 aromatic carbocycles. The van der Waals surface area contributed by atoms with Gasteiger partial charge in [-0.2, -0.15) is 0 Å². The second kappa shape index (κ2) is 8.88. The molecule has 1 atom stereocenters. The van der Waals surface area contributed by atoms with Crippen LogP contribution in [0, 0.1) is 0 Å². The summed E-state index contributed by atoms with van der Waals surface area (Å²) < 4.78 is 6.79. The van der Waals surface area contributed by atoms with Gasteiger partial charge in [-0.1, -0.05) is 53.7 Å². The van der Waals surface area contributed by atoms with E-state index in [1.807, 2.05) is 30.3 Å². The van der Waals surface area contributed by atoms with Crippen molar-refractivity contribution < 1.29 is 9.53 Å². The molecule has 0 bridgehead atoms. The number of nitrogens with zero attached hydrogens (tertiary/aromatic N) is 4. The number of carbonyl (C=O) groups is 1. The van der Waals surface area contributed by atoms with Gasteiger partial charge in [-0.25, -0.2) is 4.68 Å². The summed E-state index contributed by atoms with van der Waals surface area (Å²) in [7, 11) is 1.54. The molecule has 1 N–H and O–H groups in total. The molecule has 0 aliphatic rings. The molecule has 1 unspecified atom stereocenters. The first-order chi connectivity index (χ1) is 13.1. The number of hydrogen-bond donors (Lipinski definition) is 1. The van der Waals surface area contributed by atoms with Crippen LogP contribution in [0.2, 0.25) is 5.02 Å². The van der Waals surface area contributed by atoms with E-state index in [0.717, 1.165) is 5.56 Å². The zero-order valence-corrected chi connectivity index (χ0v) is 16.4. The number of methoxy groups -OCH3 is 1. The predicted octanol–water partition coefficient (Wildman–Crippen LogP) is 3.50. The molecule has 0 saturated carbocycles. The number of tetrazole rings is 1. The van der Waals surface area contributed by atoms with Crippen LogP contribution < -0.4 is 10.1 Å². The van der Waals surface area contributed by atoms with Crippen molar-refractivity contribution in [3.8, 4) is 5.75 Å². The molecule has 0 fully saturated rings. The van der Waals surface area contributed by atoms with Crippen LogP contribution in [0.15, 0.2) is 53.7 Å². The van der Waals surface area contributed by atoms with Crippen LogP contribution in [0.3, 0.4) is 0 Å². The number of aromatic nitrogens is 4. The summed E-state index contributed by atoms with van der Waals surface area (Å²) in [6.07, 6.45) is 0. The quantitative estimate of drug-likeness (QED) is 0.608. The van der Waals surface area contributed by atoms with Gasteiger partial charge in [-0.05, 0) is 41.1 Å². The number of halogens is 1. The highest BCUT2D eigenvalue weighted by Crippen LogP contribution is 2.28. The smallest absolute Gasteiger partial charge is 0.237 e. The van der Waals surface area contributed by atoms with Gasteiger partial charge in [0, 0.05) is 5.69 Å². The van der Waals surface area contributed by atoms with Crippen LogP contribution in [0.4, 0.5) is 5.69 Å². The lowest BCUT2D eigenvalue weighted by atomic mass is 10.2. The van der Waals surface area contributed by atoms with Gasteiger partial charge in [0.25, 0.3) is 0 Å². The number of anilines is 1. The first-order valence-electron chi connectivity index (χ1n) is 8.18. The van der Waals surface area contributed by atoms with E-state index in [-0.39, 0.29) is 5.91 Å². The van der Waals surface area contributed by atoms with E-state index in [1.54, 1.807) is 29.8 Å². The number of nitrogens with one attached hydrogen (secondary N) is 1. The van der Waals surface area contributed by atoms with Crippen molar-refractivity contribution in [3.05, 3.63) is 59.1 Å². The lowest BCUT2D eigenvalue weighted by Crippen LogP contribution is -2.23. The number of ether oxygens (including phenoxy) is 1. The van der Waals surface area contributed by atoms with Gasteiger partial charge in [-0.15, -0.1) is 5.10 Å². The maximum absolute atomic E-state index is 12.5. The Labute approximate surface area is 166 Å². The topological polar surface area (TPSA) is 81.9 Å². The minimum Gasteiger partial charge on any atom is -0.495 e. The number of rotatable bonds is 7. The Hall–Kier alpha value is -2.58. The maximum Gasteiger partial charge on any atom is 0.237 e. The van der Waals surface area contributed by atoms with Gasteiger partial charge in [0.15, 0.2) is 0 Å². The first kappa shape index (κ1) is 19.2. The van der Waals surface area contributed by atoms with Crippen molar-refractivity contribution in [3.63, 3.8) is 0 Å². The van der Waals surface area contributed by atoms with Crippen LogP contribution >= 0.6 is 23.4 Å². The van der Waals surface area contributed by atoms with E-state index in [1.165, 1.54) is 18.9 Å². The maximum atomic E-state index is 12.5. The average molecular weight is 404 g/mol. The van der Waals surface area contributed by atoms with Crippen molar-refractivity contribution in [1.29, 1.82) is 0 Å². The average Bonchev–Trinajstić information content (AvgIpc) is 3.09. The third kappa shape index (κ3) is 4.99. The van der Waals surface area contributed by atoms with Crippen LogP contribution in [-0.4, -0.2) is 38.5 Å². The van der Waals surface area contributed by atoms with Crippen LogP contribution in [0.1, 0.15) is 12.5 Å². The number of benzene rings is 2. The highest BCUT2D eigenvalue weighted by Gasteiger charge is 2.19. The fraction of sp³-hybridized carbons (Fsp3) is 0.222. The fourth-order valence-electron chi connectivity index (χ4n) is 2.34. The minimum atomic E-state index is -0.397. The Morgan fingerprint density at radius 3 is 2.78 bits per heavy atom. The van der Waals surface area contributed by atoms with Crippen LogP contribution in [0.25, 0.3) is 0 Å². The van der Waals surface area contributed by atoms with Crippen molar-refractivity contribution in [2.45, 2.75) is 23.9 Å². The standard InChI is InChI=1S/C18H18ClN5O2S/c1-12(17(25)20-14-8-9-16(26-2)15(19)10-14)27-18-21-22-23-24(18)11-13-6-4-3-5-7-13/h3-10,12H,11H2,1-2H3,(H,20,25). The van der Waals surface area contributed by atoms with Crippen LogP contribution in [0.5, 0.6) is 5.75 Å². The van der Waals surface area contributed by atoms with E-state index < -0.39 is 5.25 Å². The Balaban J connectivity index is 1.63. The largest absolute Gasteiger partial charge is 0.495 e. The molecule has 27 heavy (non-hydrogen) atoms. The molecule has 0 radical (unpaired) electrons. The Morgan fingerprint density at radius 1 is 1.30 bits per heavy atom. The SMILES string of the molecule is COc1ccc(NC(=O)C(C)Sc2nnnn2Cc2ccccc2)cc1Cl. The van der Waals surface area contributed by atoms with Gasteiger partial charge >= 0.3 is 0 Å². The molecule has 3 aromatic rings. The van der Waals surface area contributed by atoms with E-state index in [0.29, 0.717) is 28.2 Å². The van der Waals surface area contributed by atoms with Gasteiger partial charge in [-0.3, -0.25) is 4.79 Å². The second-order valence-corrected chi connectivity index (χ2v) is 7.42. The van der Waals surface area contributed by atoms with Crippen molar-refractivity contribution >= 4 is 35.0 Å². The molecular formula is C18H18ClN5O2S. The van der Waals surface area contributed by atoms with Gasteiger partial charge in [0.2, 0.25) is 11.1 Å². The summed E-state index contributed by atoms with van der Waals surface area (Å²) in [6, 6.07) is 15.0. The lowest BCUT2D eigenvalue weighted by molar-refractivity contribution is -0.115. The Bertz CT molecular complexity index is 919. The molecule has 7 nitrogen and oxygen atoms in total. The molecule has 140 valence electrons. The predicted molar refractivity (Wildman–Crippen MR) is 105 cm³/mol. The highest BCUT2D eigenvalue weighted by molar-refractivity contribution is 8.00. The zero-order valence-electron chi connectivity index (χ0n) is 14.8. The second-order valence-electron chi connectivity index (χ2n) is 5.70. The molecule has 1 heterocycles. The molecule has 3 rings (SSSR count). The molecule has 0 aliphatic heterocycles. The number of carbonyl (C=O) groups excluding carboxylic acids is 1. The molecule has 0 aliphatic carbocycles. The van der Waals surface area contributed by atoms with Crippen molar-refractivity contribution in [1.82, 2.24) is 20.2 Å². The summed E-state index contributed by atoms with van der Waals surface area (Å²) in [5.74, 6) is 0.382. The van der Waals surface area contributed by atoms with Crippen LogP contribution in [-0.2, 0) is 11.3 Å². The molecule has 9 heteroatoms. The normalized spacial score (nSPS) is 11.8. The molecule has 0 saturated heterocycles. The van der Waals surface area contributed by atoms with E-state index >= 15 is 0 Å². The van der Waals surface area contributed by atoms with Gasteiger partial charge in [0.1, 0.15) is 5.75 Å². The Morgan fingerprint density at radius 2 is 2.07 bits per heavy atom. The summed E-state index contributed by atoms with van der Waals surface area (Å²) in [4.78, 5) is 12.5. The van der Waals surface area contributed by atoms with Crippen molar-refractivity contribution in [2.24, 2.45) is 0 Å². The van der Waals surface area contributed by atoms with E-state index in [9.17, 15) is 4.79 Å². The summed E-state index contributed by atoms with van der Waals surface area (Å²) in [6.45, 7) is 2.34. The van der Waals surface area contributed by atoms with E-state index in [4.69, 9.17) is 16.3 Å². The molecule has 1 aromatic heterocycles. The first-order valence-corrected chi connectivity index (χ1v) is 9.43. The van der Waals surface area contributed by atoms with Gasteiger partial charge in [0.05, 0.1) is 23.9 Å². The van der Waals surface area contributed by atoms with Crippen molar-refractivity contribution in [2.75, 3.05) is 12.4 Å². The summed E-state index contributed by atoms with van der Waals surface area (Å²) in [5, 5.41) is 15.2. The zero-order chi connectivity index (χ0) is 19.2.